The van der Waals surface area contributed by atoms with Gasteiger partial charge in [-0.3, -0.25) is 24.2 Å². The summed E-state index contributed by atoms with van der Waals surface area (Å²) in [5.74, 6) is -1.07. The Labute approximate surface area is 393 Å². The number of amides is 4. The van der Waals surface area contributed by atoms with E-state index in [1.807, 2.05) is 129 Å². The van der Waals surface area contributed by atoms with Gasteiger partial charge in [0.15, 0.2) is 0 Å². The smallest absolute Gasteiger partial charge is 0.256 e. The average molecular weight is 912 g/mol. The Bertz CT molecular complexity index is 2270. The molecule has 0 aliphatic heterocycles. The largest absolute Gasteiger partial charge is 0.504 e. The number of carbonyl (C=O) groups is 7. The monoisotopic (exact) mass is 911 g/mol. The molecule has 0 saturated carbocycles. The summed E-state index contributed by atoms with van der Waals surface area (Å²) >= 11 is 0. The molecule has 5 aromatic rings. The van der Waals surface area contributed by atoms with Gasteiger partial charge >= 0.3 is 0 Å². The molecule has 2 unspecified atom stereocenters. The van der Waals surface area contributed by atoms with Gasteiger partial charge in [0.25, 0.3) is 11.8 Å². The summed E-state index contributed by atoms with van der Waals surface area (Å²) in [6, 6.07) is 36.9. The molecule has 0 saturated heterocycles. The third-order valence-electron chi connectivity index (χ3n) is 9.75. The summed E-state index contributed by atoms with van der Waals surface area (Å²) in [6.07, 6.45) is 11.4. The van der Waals surface area contributed by atoms with Crippen LogP contribution >= 0.6 is 0 Å². The zero-order chi connectivity index (χ0) is 49.2. The molecule has 0 fully saturated rings. The van der Waals surface area contributed by atoms with Crippen LogP contribution in [-0.2, 0) is 33.5 Å². The lowest BCUT2D eigenvalue weighted by molar-refractivity contribution is -0.125. The third-order valence-corrected chi connectivity index (χ3v) is 9.75. The number of hydrogen-bond acceptors (Lipinski definition) is 11. The number of nitrogens with one attached hydrogen (secondary N) is 4. The Morgan fingerprint density at radius 2 is 1.37 bits per heavy atom. The molecule has 0 aliphatic carbocycles. The lowest BCUT2D eigenvalue weighted by Gasteiger charge is -2.28. The van der Waals surface area contributed by atoms with E-state index in [0.29, 0.717) is 36.3 Å². The number of pyridine rings is 1. The van der Waals surface area contributed by atoms with E-state index in [4.69, 9.17) is 9.53 Å². The highest BCUT2D eigenvalue weighted by Gasteiger charge is 2.29. The maximum atomic E-state index is 13.4. The van der Waals surface area contributed by atoms with Gasteiger partial charge in [-0.05, 0) is 79.1 Å². The van der Waals surface area contributed by atoms with Crippen molar-refractivity contribution in [2.45, 2.75) is 31.8 Å². The number of nitrogens with zero attached hydrogens (tertiary/aromatic N) is 3. The highest BCUT2D eigenvalue weighted by atomic mass is 16.5. The third kappa shape index (κ3) is 18.9. The van der Waals surface area contributed by atoms with Gasteiger partial charge in [-0.15, -0.1) is 0 Å². The Kier molecular flexibility index (Phi) is 26.8. The van der Waals surface area contributed by atoms with Crippen molar-refractivity contribution in [2.75, 3.05) is 58.1 Å². The summed E-state index contributed by atoms with van der Waals surface area (Å²) in [6.45, 7) is 4.57. The first-order chi connectivity index (χ1) is 32.6. The van der Waals surface area contributed by atoms with Crippen LogP contribution in [0.2, 0.25) is 0 Å². The topological polar surface area (TPSA) is 196 Å². The predicted molar refractivity (Wildman–Crippen MR) is 263 cm³/mol. The van der Waals surface area contributed by atoms with Gasteiger partial charge in [0.1, 0.15) is 31.4 Å². The van der Waals surface area contributed by atoms with E-state index >= 15 is 0 Å². The van der Waals surface area contributed by atoms with Crippen LogP contribution in [0, 0.1) is 6.92 Å². The van der Waals surface area contributed by atoms with Gasteiger partial charge in [0.2, 0.25) is 11.8 Å². The van der Waals surface area contributed by atoms with E-state index in [-0.39, 0.29) is 43.0 Å². The Hall–Kier alpha value is -8.04. The summed E-state index contributed by atoms with van der Waals surface area (Å²) in [5, 5.41) is 11.7. The molecule has 1 heterocycles. The molecule has 0 radical (unpaired) electrons. The fourth-order valence-corrected chi connectivity index (χ4v) is 6.42. The molecular weight excluding hydrogens is 851 g/mol. The second-order valence-corrected chi connectivity index (χ2v) is 14.1. The van der Waals surface area contributed by atoms with Crippen molar-refractivity contribution in [1.29, 1.82) is 0 Å². The summed E-state index contributed by atoms with van der Waals surface area (Å²) < 4.78 is 4.76. The van der Waals surface area contributed by atoms with Crippen LogP contribution in [0.15, 0.2) is 158 Å². The number of carbonyl (C=O) groups excluding carboxylic acids is 7. The summed E-state index contributed by atoms with van der Waals surface area (Å²) in [4.78, 5) is 86.9. The molecule has 15 heteroatoms. The number of methoxy groups -OCH3 is 1. The van der Waals surface area contributed by atoms with Crippen LogP contribution in [0.25, 0.3) is 11.1 Å². The molecule has 0 aliphatic rings. The van der Waals surface area contributed by atoms with E-state index in [9.17, 15) is 28.8 Å². The number of aldehydes is 2. The van der Waals surface area contributed by atoms with E-state index in [2.05, 4.69) is 26.3 Å². The normalized spacial score (nSPS) is 11.1. The SMILES string of the molecule is C=O.CNC(=O)C(CCC=O)N(C)C(=O)c1c(C)cccc1NCCNC(=O)C(NC)c1ccccc1.CO/C=C\C=C\C(=O)N(CC=O)c1ccc(-c2ccccc2)cc1.c1ccncc1. The lowest BCUT2D eigenvalue weighted by Crippen LogP contribution is -2.47. The number of benzene rings is 4. The van der Waals surface area contributed by atoms with Gasteiger partial charge in [0, 0.05) is 63.5 Å². The zero-order valence-electron chi connectivity index (χ0n) is 38.7. The Morgan fingerprint density at radius 3 is 1.93 bits per heavy atom. The molecule has 4 N–H and O–H groups in total. The minimum absolute atomic E-state index is 0.00183. The number of likely N-dealkylation sites (N-methyl/N-ethyl adjacent to an activating group) is 3. The lowest BCUT2D eigenvalue weighted by atomic mass is 10.0. The van der Waals surface area contributed by atoms with Crippen LogP contribution in [0.3, 0.4) is 0 Å². The molecule has 15 nitrogen and oxygen atoms in total. The molecule has 0 spiro atoms. The van der Waals surface area contributed by atoms with Crippen molar-refractivity contribution in [3.8, 4) is 11.1 Å². The fraction of sp³-hybridized carbons (Fsp3) is 0.231. The van der Waals surface area contributed by atoms with E-state index < -0.39 is 12.1 Å². The Balaban J connectivity index is 0.000000413. The van der Waals surface area contributed by atoms with Gasteiger partial charge < -0.3 is 50.2 Å². The molecule has 0 bridgehead atoms. The van der Waals surface area contributed by atoms with Gasteiger partial charge in [-0.2, -0.15) is 0 Å². The molecule has 5 rings (SSSR count). The number of ether oxygens (including phenoxy) is 1. The Morgan fingerprint density at radius 1 is 0.746 bits per heavy atom. The number of rotatable bonds is 20. The minimum Gasteiger partial charge on any atom is -0.504 e. The van der Waals surface area contributed by atoms with Gasteiger partial charge in [-0.1, -0.05) is 97.1 Å². The van der Waals surface area contributed by atoms with Gasteiger partial charge in [0.05, 0.1) is 25.5 Å². The quantitative estimate of drug-likeness (QED) is 0.0230. The summed E-state index contributed by atoms with van der Waals surface area (Å²) in [7, 11) is 6.32. The van der Waals surface area contributed by atoms with Crippen LogP contribution in [0.4, 0.5) is 11.4 Å². The maximum absolute atomic E-state index is 13.4. The number of aryl methyl sites for hydroxylation is 1. The molecule has 67 heavy (non-hydrogen) atoms. The number of anilines is 2. The standard InChI is InChI=1S/C26H35N5O4.C20H19NO3.C5H5N.CH2O/c1-18-10-8-13-20(22(18)26(35)31(4)21(14-9-17-32)24(33)28-3)29-15-16-30-25(34)23(27-2)19-11-6-5-7-12-19;1-24-16-6-5-9-20(23)21(14-15-22)19-12-10-18(11-13-19)17-7-3-2-4-8-17;1-2-4-6-5-3-1;1-2/h5-8,10-13,17,21,23,27,29H,9,14-16H2,1-4H3,(H,28,33)(H,30,34);2-13,15-16H,14H2,1H3;1-5H;1H2/b;9-5+,16-6-;;. The minimum atomic E-state index is -0.763. The highest BCUT2D eigenvalue weighted by Crippen LogP contribution is 2.24. The first-order valence-electron chi connectivity index (χ1n) is 21.3. The average Bonchev–Trinajstić information content (AvgIpc) is 3.38. The second kappa shape index (κ2) is 32.6. The van der Waals surface area contributed by atoms with Crippen LogP contribution < -0.4 is 26.2 Å². The first-order valence-corrected chi connectivity index (χ1v) is 21.3. The zero-order valence-corrected chi connectivity index (χ0v) is 38.7. The maximum Gasteiger partial charge on any atom is 0.256 e. The highest BCUT2D eigenvalue weighted by molar-refractivity contribution is 6.04. The second-order valence-electron chi connectivity index (χ2n) is 14.1. The van der Waals surface area contributed by atoms with Crippen molar-refractivity contribution in [3.05, 3.63) is 175 Å². The molecular formula is C52H61N7O8. The molecule has 1 aromatic heterocycles. The predicted octanol–water partition coefficient (Wildman–Crippen LogP) is 6.15. The van der Waals surface area contributed by atoms with Crippen LogP contribution in [-0.4, -0.2) is 107 Å². The van der Waals surface area contributed by atoms with Crippen LogP contribution in [0.5, 0.6) is 0 Å². The molecule has 4 aromatic carbocycles. The van der Waals surface area contributed by atoms with Crippen molar-refractivity contribution in [1.82, 2.24) is 25.8 Å². The first kappa shape index (κ1) is 55.1. The van der Waals surface area contributed by atoms with Crippen molar-refractivity contribution in [3.63, 3.8) is 0 Å². The molecule has 2 atom stereocenters. The fourth-order valence-electron chi connectivity index (χ4n) is 6.42. The summed E-state index contributed by atoms with van der Waals surface area (Å²) in [5.41, 5.74) is 5.50. The number of aromatic nitrogens is 1. The number of hydrogen-bond donors (Lipinski definition) is 4. The van der Waals surface area contributed by atoms with E-state index in [0.717, 1.165) is 28.5 Å². The van der Waals surface area contributed by atoms with Crippen molar-refractivity contribution in [2.24, 2.45) is 0 Å². The van der Waals surface area contributed by atoms with Crippen LogP contribution in [0.1, 0.15) is 40.4 Å². The van der Waals surface area contributed by atoms with Gasteiger partial charge in [-0.25, -0.2) is 0 Å². The van der Waals surface area contributed by atoms with Crippen molar-refractivity contribution < 1.29 is 38.3 Å². The van der Waals surface area contributed by atoms with E-state index in [1.54, 1.807) is 44.7 Å². The number of allylic oxidation sites excluding steroid dienone is 2. The van der Waals surface area contributed by atoms with Crippen molar-refractivity contribution >= 4 is 54.4 Å². The van der Waals surface area contributed by atoms with E-state index in [1.165, 1.54) is 36.3 Å². The molecule has 4 amide bonds. The molecule has 352 valence electrons.